The topological polar surface area (TPSA) is 145 Å². The molecule has 0 amide bonds. The van der Waals surface area contributed by atoms with Crippen LogP contribution in [0.3, 0.4) is 0 Å². The molecule has 0 radical (unpaired) electrons. The Morgan fingerprint density at radius 2 is 1.97 bits per heavy atom. The number of imidazole rings is 1. The van der Waals surface area contributed by atoms with Gasteiger partial charge in [-0.05, 0) is 43.2 Å². The van der Waals surface area contributed by atoms with Crippen LogP contribution in [0.4, 0.5) is 5.69 Å². The minimum absolute atomic E-state index is 0.0364. The maximum atomic E-state index is 11.8. The maximum Gasteiger partial charge on any atom is 0.169 e. The van der Waals surface area contributed by atoms with Gasteiger partial charge in [0, 0.05) is 33.8 Å². The minimum atomic E-state index is -0.683. The number of fused-ring (bicyclic) bond motifs is 2. The van der Waals surface area contributed by atoms with Gasteiger partial charge in [-0.2, -0.15) is 5.10 Å². The van der Waals surface area contributed by atoms with Crippen molar-refractivity contribution in [3.05, 3.63) is 60.0 Å². The highest BCUT2D eigenvalue weighted by Crippen LogP contribution is 2.35. The summed E-state index contributed by atoms with van der Waals surface area (Å²) in [5.74, 6) is 0.658. The number of hydrogen-bond acceptors (Lipinski definition) is 9. The van der Waals surface area contributed by atoms with Crippen LogP contribution in [0.1, 0.15) is 30.4 Å². The summed E-state index contributed by atoms with van der Waals surface area (Å²) in [6, 6.07) is 9.51. The molecule has 0 saturated carbocycles. The third-order valence-electron chi connectivity index (χ3n) is 6.25. The number of nitrogens with one attached hydrogen (secondary N) is 3. The third-order valence-corrected chi connectivity index (χ3v) is 7.47. The molecular weight excluding hydrogens is 500 g/mol. The summed E-state index contributed by atoms with van der Waals surface area (Å²) in [6.07, 6.45) is 6.17. The Labute approximate surface area is 221 Å². The molecule has 0 saturated heterocycles. The number of ketones is 1. The molecule has 10 nitrogen and oxygen atoms in total. The first-order valence-corrected chi connectivity index (χ1v) is 12.9. The van der Waals surface area contributed by atoms with Gasteiger partial charge in [-0.3, -0.25) is 19.9 Å². The normalized spacial score (nSPS) is 12.4. The number of H-pyrrole nitrogens is 2. The number of rotatable bonds is 7. The van der Waals surface area contributed by atoms with E-state index in [9.17, 15) is 9.90 Å². The number of aliphatic hydroxyl groups is 1. The van der Waals surface area contributed by atoms with E-state index < -0.39 is 6.23 Å². The molecule has 0 fully saturated rings. The van der Waals surface area contributed by atoms with Crippen LogP contribution in [-0.4, -0.2) is 52.2 Å². The summed E-state index contributed by atoms with van der Waals surface area (Å²) in [4.78, 5) is 35.0. The standard InChI is InChI=1S/C27H24N8O2S/c1-13(2)27(37)31-16-8-15(10-28-11-16)19-9-18-20(12-30-19)34-35-24(18)26-32-23-17(6-7-29-25(23)33-26)22-5-4-21(38-22)14(3)36/h4-13,27,31,37H,1-3H3,(H,34,35)(H,29,32,33). The van der Waals surface area contributed by atoms with E-state index in [1.807, 2.05) is 44.2 Å². The lowest BCUT2D eigenvalue weighted by Gasteiger charge is -2.17. The summed E-state index contributed by atoms with van der Waals surface area (Å²) >= 11 is 1.44. The molecule has 6 rings (SSSR count). The van der Waals surface area contributed by atoms with Crippen LogP contribution >= 0.6 is 11.3 Å². The van der Waals surface area contributed by atoms with Crippen LogP contribution in [0.2, 0.25) is 0 Å². The van der Waals surface area contributed by atoms with Crippen LogP contribution in [0, 0.1) is 5.92 Å². The fraction of sp³-hybridized carbons (Fsp3) is 0.185. The van der Waals surface area contributed by atoms with Crippen LogP contribution in [0.5, 0.6) is 0 Å². The van der Waals surface area contributed by atoms with Crippen LogP contribution in [0.25, 0.3) is 55.3 Å². The van der Waals surface area contributed by atoms with Gasteiger partial charge in [0.05, 0.1) is 34.2 Å². The van der Waals surface area contributed by atoms with Crippen molar-refractivity contribution in [2.24, 2.45) is 5.92 Å². The van der Waals surface area contributed by atoms with Gasteiger partial charge in [0.25, 0.3) is 0 Å². The van der Waals surface area contributed by atoms with Gasteiger partial charge in [-0.1, -0.05) is 13.8 Å². The van der Waals surface area contributed by atoms with Crippen molar-refractivity contribution in [2.45, 2.75) is 27.0 Å². The second kappa shape index (κ2) is 9.43. The molecule has 0 aliphatic carbocycles. The third kappa shape index (κ3) is 4.31. The zero-order valence-electron chi connectivity index (χ0n) is 20.9. The van der Waals surface area contributed by atoms with Gasteiger partial charge in [0.2, 0.25) is 0 Å². The van der Waals surface area contributed by atoms with Gasteiger partial charge in [0.1, 0.15) is 17.4 Å². The summed E-state index contributed by atoms with van der Waals surface area (Å²) < 4.78 is 0. The van der Waals surface area contributed by atoms with E-state index in [2.05, 4.69) is 35.5 Å². The van der Waals surface area contributed by atoms with Crippen molar-refractivity contribution in [3.63, 3.8) is 0 Å². The monoisotopic (exact) mass is 524 g/mol. The molecule has 38 heavy (non-hydrogen) atoms. The number of nitrogens with zero attached hydrogens (tertiary/aromatic N) is 5. The summed E-state index contributed by atoms with van der Waals surface area (Å²) in [5, 5.41) is 21.7. The van der Waals surface area contributed by atoms with Crippen molar-refractivity contribution >= 4 is 44.9 Å². The highest BCUT2D eigenvalue weighted by molar-refractivity contribution is 7.17. The molecule has 1 unspecified atom stereocenters. The van der Waals surface area contributed by atoms with Crippen molar-refractivity contribution in [2.75, 3.05) is 5.32 Å². The van der Waals surface area contributed by atoms with Crippen molar-refractivity contribution in [3.8, 4) is 33.2 Å². The number of hydrogen-bond donors (Lipinski definition) is 4. The smallest absolute Gasteiger partial charge is 0.169 e. The average Bonchev–Trinajstić information content (AvgIpc) is 3.66. The minimum Gasteiger partial charge on any atom is -0.374 e. The quantitative estimate of drug-likeness (QED) is 0.163. The summed E-state index contributed by atoms with van der Waals surface area (Å²) in [5.41, 5.74) is 5.85. The summed E-state index contributed by atoms with van der Waals surface area (Å²) in [6.45, 7) is 5.43. The molecule has 0 aliphatic heterocycles. The van der Waals surface area contributed by atoms with Gasteiger partial charge in [-0.15, -0.1) is 11.3 Å². The second-order valence-electron chi connectivity index (χ2n) is 9.34. The van der Waals surface area contributed by atoms with Gasteiger partial charge in [-0.25, -0.2) is 9.97 Å². The van der Waals surface area contributed by atoms with E-state index in [1.165, 1.54) is 11.3 Å². The number of carbonyl (C=O) groups excluding carboxylic acids is 1. The number of Topliss-reactive ketones (excluding diaryl/α,β-unsaturated/α-hetero) is 1. The molecular formula is C27H24N8O2S. The maximum absolute atomic E-state index is 11.8. The molecule has 6 heterocycles. The molecule has 0 bridgehead atoms. The molecule has 6 aromatic rings. The number of pyridine rings is 3. The molecule has 190 valence electrons. The fourth-order valence-electron chi connectivity index (χ4n) is 4.14. The van der Waals surface area contributed by atoms with Crippen molar-refractivity contribution in [1.82, 2.24) is 35.1 Å². The van der Waals surface area contributed by atoms with E-state index in [0.29, 0.717) is 38.9 Å². The predicted octanol–water partition coefficient (Wildman–Crippen LogP) is 5.28. The molecule has 4 N–H and O–H groups in total. The molecule has 1 atom stereocenters. The highest BCUT2D eigenvalue weighted by atomic mass is 32.1. The van der Waals surface area contributed by atoms with Crippen LogP contribution < -0.4 is 5.32 Å². The zero-order chi connectivity index (χ0) is 26.4. The van der Waals surface area contributed by atoms with Gasteiger partial charge in [0.15, 0.2) is 17.3 Å². The highest BCUT2D eigenvalue weighted by Gasteiger charge is 2.18. The largest absolute Gasteiger partial charge is 0.374 e. The number of carbonyl (C=O) groups is 1. The number of aromatic amines is 2. The Morgan fingerprint density at radius 3 is 2.76 bits per heavy atom. The van der Waals surface area contributed by atoms with E-state index in [1.54, 1.807) is 31.7 Å². The second-order valence-corrected chi connectivity index (χ2v) is 10.4. The number of anilines is 1. The van der Waals surface area contributed by atoms with E-state index in [0.717, 1.165) is 26.9 Å². The van der Waals surface area contributed by atoms with Crippen LogP contribution in [0.15, 0.2) is 55.1 Å². The molecule has 0 aromatic carbocycles. The Bertz CT molecular complexity index is 1800. The predicted molar refractivity (Wildman–Crippen MR) is 148 cm³/mol. The number of thiophene rings is 1. The van der Waals surface area contributed by atoms with Gasteiger partial charge >= 0.3 is 0 Å². The summed E-state index contributed by atoms with van der Waals surface area (Å²) in [7, 11) is 0. The zero-order valence-corrected chi connectivity index (χ0v) is 21.7. The van der Waals surface area contributed by atoms with E-state index >= 15 is 0 Å². The van der Waals surface area contributed by atoms with Crippen molar-refractivity contribution in [1.29, 1.82) is 0 Å². The first kappa shape index (κ1) is 23.9. The lowest BCUT2D eigenvalue weighted by Crippen LogP contribution is -2.24. The lowest BCUT2D eigenvalue weighted by molar-refractivity contribution is 0.102. The Hall–Kier alpha value is -4.48. The Morgan fingerprint density at radius 1 is 1.11 bits per heavy atom. The Balaban J connectivity index is 1.40. The van der Waals surface area contributed by atoms with E-state index in [4.69, 9.17) is 4.98 Å². The number of aliphatic hydroxyl groups excluding tert-OH is 1. The van der Waals surface area contributed by atoms with E-state index in [-0.39, 0.29) is 11.7 Å². The molecule has 0 aliphatic rings. The first-order chi connectivity index (χ1) is 18.4. The lowest BCUT2D eigenvalue weighted by atomic mass is 10.1. The first-order valence-electron chi connectivity index (χ1n) is 12.1. The molecule has 0 spiro atoms. The number of aromatic nitrogens is 7. The van der Waals surface area contributed by atoms with Gasteiger partial charge < -0.3 is 15.4 Å². The average molecular weight is 525 g/mol. The molecule has 11 heteroatoms. The Kier molecular flexibility index (Phi) is 5.93. The molecule has 6 aromatic heterocycles. The van der Waals surface area contributed by atoms with Crippen molar-refractivity contribution < 1.29 is 9.90 Å². The fourth-order valence-corrected chi connectivity index (χ4v) is 5.07. The SMILES string of the molecule is CC(=O)c1ccc(-c2ccnc3[nH]c(-c4n[nH]c5cnc(-c6cncc(NC(O)C(C)C)c6)cc45)nc23)s1. The van der Waals surface area contributed by atoms with Crippen LogP contribution in [-0.2, 0) is 0 Å².